The maximum Gasteiger partial charge on any atom is 0.0593 e. The molecule has 1 rings (SSSR count). The van der Waals surface area contributed by atoms with Crippen LogP contribution in [0.5, 0.6) is 0 Å². The molecule has 16 heavy (non-hydrogen) atoms. The van der Waals surface area contributed by atoms with Gasteiger partial charge in [-0.2, -0.15) is 0 Å². The van der Waals surface area contributed by atoms with Crippen molar-refractivity contribution in [3.8, 4) is 0 Å². The van der Waals surface area contributed by atoms with Crippen molar-refractivity contribution in [2.45, 2.75) is 13.5 Å². The van der Waals surface area contributed by atoms with Gasteiger partial charge in [-0.05, 0) is 18.6 Å². The number of rotatable bonds is 8. The minimum absolute atomic E-state index is 0.173. The van der Waals surface area contributed by atoms with Gasteiger partial charge in [-0.15, -0.1) is 0 Å². The van der Waals surface area contributed by atoms with E-state index in [-0.39, 0.29) is 6.61 Å². The molecule has 0 atom stereocenters. The molecule has 0 saturated heterocycles. The van der Waals surface area contributed by atoms with Crippen LogP contribution in [0.3, 0.4) is 0 Å². The summed E-state index contributed by atoms with van der Waals surface area (Å²) in [6.07, 6.45) is 3.62. The number of aliphatic hydroxyl groups excluding tert-OH is 1. The van der Waals surface area contributed by atoms with Crippen LogP contribution in [0.25, 0.3) is 0 Å². The molecule has 1 N–H and O–H groups in total. The Labute approximate surface area is 96.9 Å². The van der Waals surface area contributed by atoms with Crippen LogP contribution in [-0.2, 0) is 11.3 Å². The van der Waals surface area contributed by atoms with Gasteiger partial charge >= 0.3 is 0 Å². The van der Waals surface area contributed by atoms with Gasteiger partial charge in [0.15, 0.2) is 0 Å². The summed E-state index contributed by atoms with van der Waals surface area (Å²) in [6, 6.07) is 3.97. The number of hydrogen-bond donors (Lipinski definition) is 1. The number of hydrogen-bond acceptors (Lipinski definition) is 4. The normalized spacial score (nSPS) is 10.9. The summed E-state index contributed by atoms with van der Waals surface area (Å²) >= 11 is 0. The molecule has 4 heteroatoms. The second-order valence-corrected chi connectivity index (χ2v) is 3.56. The molecule has 0 unspecified atom stereocenters. The van der Waals surface area contributed by atoms with E-state index in [0.29, 0.717) is 13.2 Å². The molecule has 0 aliphatic heterocycles. The van der Waals surface area contributed by atoms with Gasteiger partial charge in [0, 0.05) is 38.6 Å². The summed E-state index contributed by atoms with van der Waals surface area (Å²) in [7, 11) is 0. The van der Waals surface area contributed by atoms with Gasteiger partial charge in [0.05, 0.1) is 13.2 Å². The average Bonchev–Trinajstić information content (AvgIpc) is 2.31. The molecule has 90 valence electrons. The van der Waals surface area contributed by atoms with Gasteiger partial charge in [0.2, 0.25) is 0 Å². The highest BCUT2D eigenvalue weighted by atomic mass is 16.5. The Morgan fingerprint density at radius 1 is 1.44 bits per heavy atom. The molecule has 0 radical (unpaired) electrons. The van der Waals surface area contributed by atoms with E-state index in [9.17, 15) is 0 Å². The van der Waals surface area contributed by atoms with Crippen LogP contribution in [0.1, 0.15) is 12.5 Å². The molecular weight excluding hydrogens is 204 g/mol. The minimum Gasteiger partial charge on any atom is -0.395 e. The highest BCUT2D eigenvalue weighted by Gasteiger charge is 2.04. The van der Waals surface area contributed by atoms with Crippen LogP contribution in [0.2, 0.25) is 0 Å². The highest BCUT2D eigenvalue weighted by Crippen LogP contribution is 2.02. The van der Waals surface area contributed by atoms with Crippen LogP contribution in [-0.4, -0.2) is 47.9 Å². The van der Waals surface area contributed by atoms with Crippen molar-refractivity contribution in [1.82, 2.24) is 9.88 Å². The molecule has 0 bridgehead atoms. The van der Waals surface area contributed by atoms with Crippen molar-refractivity contribution in [3.63, 3.8) is 0 Å². The molecule has 0 aromatic carbocycles. The summed E-state index contributed by atoms with van der Waals surface area (Å²) < 4.78 is 5.31. The van der Waals surface area contributed by atoms with Gasteiger partial charge < -0.3 is 9.84 Å². The van der Waals surface area contributed by atoms with Crippen LogP contribution >= 0.6 is 0 Å². The van der Waals surface area contributed by atoms with Crippen molar-refractivity contribution >= 4 is 0 Å². The molecule has 0 aliphatic rings. The van der Waals surface area contributed by atoms with E-state index in [0.717, 1.165) is 25.3 Å². The molecule has 1 aromatic rings. The first-order valence-electron chi connectivity index (χ1n) is 5.66. The fraction of sp³-hybridized carbons (Fsp3) is 0.583. The fourth-order valence-corrected chi connectivity index (χ4v) is 1.50. The Kier molecular flexibility index (Phi) is 6.72. The molecule has 4 nitrogen and oxygen atoms in total. The van der Waals surface area contributed by atoms with Crippen molar-refractivity contribution in [1.29, 1.82) is 0 Å². The first-order chi connectivity index (χ1) is 7.86. The van der Waals surface area contributed by atoms with E-state index in [1.807, 2.05) is 25.3 Å². The first-order valence-corrected chi connectivity index (χ1v) is 5.66. The predicted molar refractivity (Wildman–Crippen MR) is 63.1 cm³/mol. The number of aliphatic hydroxyl groups is 1. The molecule has 1 heterocycles. The monoisotopic (exact) mass is 224 g/mol. The Morgan fingerprint density at radius 2 is 2.31 bits per heavy atom. The smallest absolute Gasteiger partial charge is 0.0593 e. The van der Waals surface area contributed by atoms with Crippen LogP contribution in [0, 0.1) is 0 Å². The Hall–Kier alpha value is -0.970. The van der Waals surface area contributed by atoms with Gasteiger partial charge in [-0.3, -0.25) is 9.88 Å². The predicted octanol–water partition coefficient (Wildman–Crippen LogP) is 0.912. The van der Waals surface area contributed by atoms with E-state index in [1.165, 1.54) is 0 Å². The van der Waals surface area contributed by atoms with Crippen LogP contribution in [0.15, 0.2) is 24.5 Å². The van der Waals surface area contributed by atoms with Crippen molar-refractivity contribution < 1.29 is 9.84 Å². The van der Waals surface area contributed by atoms with Crippen molar-refractivity contribution in [2.75, 3.05) is 32.9 Å². The summed E-state index contributed by atoms with van der Waals surface area (Å²) in [6.45, 7) is 5.91. The molecule has 0 saturated carbocycles. The van der Waals surface area contributed by atoms with E-state index in [4.69, 9.17) is 9.84 Å². The maximum atomic E-state index is 8.97. The van der Waals surface area contributed by atoms with Gasteiger partial charge in [0.1, 0.15) is 0 Å². The molecular formula is C12H20N2O2. The lowest BCUT2D eigenvalue weighted by molar-refractivity contribution is 0.101. The highest BCUT2D eigenvalue weighted by molar-refractivity contribution is 5.08. The van der Waals surface area contributed by atoms with E-state index in [2.05, 4.69) is 9.88 Å². The maximum absolute atomic E-state index is 8.97. The molecule has 1 aromatic heterocycles. The van der Waals surface area contributed by atoms with E-state index < -0.39 is 0 Å². The Morgan fingerprint density at radius 3 is 2.94 bits per heavy atom. The zero-order valence-corrected chi connectivity index (χ0v) is 9.80. The lowest BCUT2D eigenvalue weighted by Crippen LogP contribution is -2.30. The standard InChI is InChI=1S/C12H20N2O2/c1-2-16-9-7-14(6-8-15)11-12-4-3-5-13-10-12/h3-5,10,15H,2,6-9,11H2,1H3. The zero-order valence-electron chi connectivity index (χ0n) is 9.80. The fourth-order valence-electron chi connectivity index (χ4n) is 1.50. The average molecular weight is 224 g/mol. The summed E-state index contributed by atoms with van der Waals surface area (Å²) in [4.78, 5) is 6.23. The van der Waals surface area contributed by atoms with Crippen molar-refractivity contribution in [3.05, 3.63) is 30.1 Å². The van der Waals surface area contributed by atoms with Crippen LogP contribution in [0.4, 0.5) is 0 Å². The quantitative estimate of drug-likeness (QED) is 0.667. The third kappa shape index (κ3) is 5.21. The van der Waals surface area contributed by atoms with Gasteiger partial charge in [0.25, 0.3) is 0 Å². The third-order valence-corrected chi connectivity index (χ3v) is 2.30. The number of pyridine rings is 1. The van der Waals surface area contributed by atoms with Crippen LogP contribution < -0.4 is 0 Å². The number of ether oxygens (including phenoxy) is 1. The largest absolute Gasteiger partial charge is 0.395 e. The van der Waals surface area contributed by atoms with E-state index >= 15 is 0 Å². The summed E-state index contributed by atoms with van der Waals surface area (Å²) in [5.74, 6) is 0. The topological polar surface area (TPSA) is 45.6 Å². The number of nitrogens with zero attached hydrogens (tertiary/aromatic N) is 2. The van der Waals surface area contributed by atoms with Gasteiger partial charge in [-0.1, -0.05) is 6.07 Å². The molecule has 0 aliphatic carbocycles. The summed E-state index contributed by atoms with van der Waals surface area (Å²) in [5.41, 5.74) is 1.16. The second-order valence-electron chi connectivity index (χ2n) is 3.56. The Balaban J connectivity index is 2.38. The first kappa shape index (κ1) is 13.1. The minimum atomic E-state index is 0.173. The van der Waals surface area contributed by atoms with Gasteiger partial charge in [-0.25, -0.2) is 0 Å². The second kappa shape index (κ2) is 8.21. The molecule has 0 spiro atoms. The third-order valence-electron chi connectivity index (χ3n) is 2.30. The van der Waals surface area contributed by atoms with E-state index in [1.54, 1.807) is 6.20 Å². The lowest BCUT2D eigenvalue weighted by Gasteiger charge is -2.20. The summed E-state index contributed by atoms with van der Waals surface area (Å²) in [5, 5.41) is 8.97. The Bertz CT molecular complexity index is 267. The number of aromatic nitrogens is 1. The molecule has 0 fully saturated rings. The molecule has 0 amide bonds. The van der Waals surface area contributed by atoms with Crippen molar-refractivity contribution in [2.24, 2.45) is 0 Å². The zero-order chi connectivity index (χ0) is 11.6. The lowest BCUT2D eigenvalue weighted by atomic mass is 10.2. The SMILES string of the molecule is CCOCCN(CCO)Cc1cccnc1.